The summed E-state index contributed by atoms with van der Waals surface area (Å²) in [4.78, 5) is 12.2. The smallest absolute Gasteiger partial charge is 0.307 e. The van der Waals surface area contributed by atoms with Gasteiger partial charge >= 0.3 is 6.03 Å². The van der Waals surface area contributed by atoms with Gasteiger partial charge in [0, 0.05) is 10.7 Å². The van der Waals surface area contributed by atoms with Gasteiger partial charge < -0.3 is 10.6 Å². The van der Waals surface area contributed by atoms with E-state index in [4.69, 9.17) is 23.2 Å². The summed E-state index contributed by atoms with van der Waals surface area (Å²) in [5.41, 5.74) is 3.61. The number of para-hydroxylation sites is 1. The number of carbonyl (C=O) groups is 1. The fraction of sp³-hybridized carbons (Fsp3) is 0.235. The van der Waals surface area contributed by atoms with Crippen molar-refractivity contribution in [1.82, 2.24) is 0 Å². The normalized spacial score (nSPS) is 10.4. The number of halogens is 2. The number of anilines is 2. The predicted octanol–water partition coefficient (Wildman–Crippen LogP) is 5.76. The molecule has 2 amide bonds. The first kappa shape index (κ1) is 16.7. The molecule has 0 aromatic heterocycles. The Balaban J connectivity index is 2.19. The van der Waals surface area contributed by atoms with Gasteiger partial charge in [-0.25, -0.2) is 4.79 Å². The minimum atomic E-state index is -0.320. The van der Waals surface area contributed by atoms with Gasteiger partial charge in [0.15, 0.2) is 0 Å². The molecule has 2 rings (SSSR count). The lowest BCUT2D eigenvalue weighted by atomic mass is 10.0. The van der Waals surface area contributed by atoms with E-state index in [-0.39, 0.29) is 6.03 Å². The van der Waals surface area contributed by atoms with E-state index in [2.05, 4.69) is 24.5 Å². The summed E-state index contributed by atoms with van der Waals surface area (Å²) >= 11 is 11.9. The van der Waals surface area contributed by atoms with Crippen LogP contribution in [0.3, 0.4) is 0 Å². The van der Waals surface area contributed by atoms with Crippen LogP contribution in [0, 0.1) is 0 Å². The zero-order chi connectivity index (χ0) is 16.1. The molecule has 116 valence electrons. The van der Waals surface area contributed by atoms with Gasteiger partial charge in [0.1, 0.15) is 0 Å². The number of aryl methyl sites for hydroxylation is 2. The zero-order valence-corrected chi connectivity index (χ0v) is 14.1. The van der Waals surface area contributed by atoms with Gasteiger partial charge in [-0.05, 0) is 42.2 Å². The molecule has 0 aliphatic carbocycles. The van der Waals surface area contributed by atoms with Crippen LogP contribution in [0.5, 0.6) is 0 Å². The maximum Gasteiger partial charge on any atom is 0.323 e. The lowest BCUT2D eigenvalue weighted by Crippen LogP contribution is -2.21. The van der Waals surface area contributed by atoms with E-state index in [1.807, 2.05) is 18.2 Å². The van der Waals surface area contributed by atoms with Crippen molar-refractivity contribution >= 4 is 40.6 Å². The fourth-order valence-electron chi connectivity index (χ4n) is 2.26. The number of nitrogens with one attached hydrogen (secondary N) is 2. The van der Waals surface area contributed by atoms with E-state index in [0.717, 1.165) is 29.7 Å². The molecule has 0 unspecified atom stereocenters. The van der Waals surface area contributed by atoms with E-state index in [9.17, 15) is 4.79 Å². The summed E-state index contributed by atoms with van der Waals surface area (Å²) in [6.45, 7) is 4.13. The third-order valence-corrected chi connectivity index (χ3v) is 3.96. The Morgan fingerprint density at radius 1 is 1.00 bits per heavy atom. The average Bonchev–Trinajstić information content (AvgIpc) is 2.50. The molecule has 0 fully saturated rings. The van der Waals surface area contributed by atoms with Crippen LogP contribution in [0.15, 0.2) is 36.4 Å². The highest BCUT2D eigenvalue weighted by atomic mass is 35.5. The first-order valence-electron chi connectivity index (χ1n) is 7.19. The summed E-state index contributed by atoms with van der Waals surface area (Å²) in [5.74, 6) is 0. The topological polar surface area (TPSA) is 41.1 Å². The number of amides is 2. The van der Waals surface area contributed by atoms with E-state index >= 15 is 0 Å². The van der Waals surface area contributed by atoms with Crippen LogP contribution in [0.4, 0.5) is 16.2 Å². The summed E-state index contributed by atoms with van der Waals surface area (Å²) in [6.07, 6.45) is 1.70. The van der Waals surface area contributed by atoms with Crippen LogP contribution in [-0.2, 0) is 12.8 Å². The Morgan fingerprint density at radius 2 is 1.64 bits per heavy atom. The lowest BCUT2D eigenvalue weighted by Gasteiger charge is -2.15. The quantitative estimate of drug-likeness (QED) is 0.731. The summed E-state index contributed by atoms with van der Waals surface area (Å²) in [7, 11) is 0. The van der Waals surface area contributed by atoms with Crippen LogP contribution in [0.25, 0.3) is 0 Å². The number of urea groups is 1. The van der Waals surface area contributed by atoms with Gasteiger partial charge in [-0.3, -0.25) is 0 Å². The van der Waals surface area contributed by atoms with Gasteiger partial charge in [-0.15, -0.1) is 0 Å². The average molecular weight is 337 g/mol. The van der Waals surface area contributed by atoms with E-state index in [1.165, 1.54) is 0 Å². The molecule has 2 N–H and O–H groups in total. The molecule has 0 atom stereocenters. The first-order valence-corrected chi connectivity index (χ1v) is 7.94. The number of carbonyl (C=O) groups excluding carboxylic acids is 1. The Kier molecular flexibility index (Phi) is 5.69. The molecular formula is C17H18Cl2N2O. The van der Waals surface area contributed by atoms with Crippen molar-refractivity contribution in [2.24, 2.45) is 0 Å². The molecule has 0 radical (unpaired) electrons. The van der Waals surface area contributed by atoms with Gasteiger partial charge in [-0.1, -0.05) is 55.2 Å². The molecule has 22 heavy (non-hydrogen) atoms. The molecule has 3 nitrogen and oxygen atoms in total. The van der Waals surface area contributed by atoms with Gasteiger partial charge in [0.25, 0.3) is 0 Å². The summed E-state index contributed by atoms with van der Waals surface area (Å²) in [6, 6.07) is 10.7. The molecule has 0 saturated heterocycles. The molecule has 0 heterocycles. The molecule has 0 saturated carbocycles. The van der Waals surface area contributed by atoms with Crippen LogP contribution in [0.1, 0.15) is 25.0 Å². The molecule has 2 aromatic rings. The minimum absolute atomic E-state index is 0.320. The minimum Gasteiger partial charge on any atom is -0.307 e. The van der Waals surface area contributed by atoms with Crippen molar-refractivity contribution in [2.75, 3.05) is 10.6 Å². The molecule has 0 aliphatic rings. The van der Waals surface area contributed by atoms with Crippen molar-refractivity contribution < 1.29 is 4.79 Å². The van der Waals surface area contributed by atoms with E-state index in [1.54, 1.807) is 18.2 Å². The van der Waals surface area contributed by atoms with Crippen LogP contribution in [-0.4, -0.2) is 6.03 Å². The van der Waals surface area contributed by atoms with Gasteiger partial charge in [0.05, 0.1) is 10.7 Å². The fourth-order valence-corrected chi connectivity index (χ4v) is 2.72. The second kappa shape index (κ2) is 7.52. The molecule has 2 aromatic carbocycles. The predicted molar refractivity (Wildman–Crippen MR) is 94.3 cm³/mol. The highest BCUT2D eigenvalue weighted by Crippen LogP contribution is 2.26. The highest BCUT2D eigenvalue weighted by Gasteiger charge is 2.11. The molecule has 0 spiro atoms. The van der Waals surface area contributed by atoms with Gasteiger partial charge in [-0.2, -0.15) is 0 Å². The second-order valence-corrected chi connectivity index (χ2v) is 5.71. The Labute approximate surface area is 140 Å². The van der Waals surface area contributed by atoms with Gasteiger partial charge in [0.2, 0.25) is 0 Å². The van der Waals surface area contributed by atoms with Crippen molar-refractivity contribution in [3.63, 3.8) is 0 Å². The summed E-state index contributed by atoms with van der Waals surface area (Å²) in [5, 5.41) is 6.61. The van der Waals surface area contributed by atoms with Crippen molar-refractivity contribution in [1.29, 1.82) is 0 Å². The van der Waals surface area contributed by atoms with Crippen LogP contribution < -0.4 is 10.6 Å². The Hall–Kier alpha value is -1.71. The number of hydrogen-bond acceptors (Lipinski definition) is 1. The van der Waals surface area contributed by atoms with Crippen LogP contribution in [0.2, 0.25) is 10.0 Å². The third-order valence-electron chi connectivity index (χ3n) is 3.42. The number of hydrogen-bond donors (Lipinski definition) is 2. The first-order chi connectivity index (χ1) is 10.5. The second-order valence-electron chi connectivity index (χ2n) is 4.86. The maximum atomic E-state index is 12.2. The Morgan fingerprint density at radius 3 is 2.18 bits per heavy atom. The zero-order valence-electron chi connectivity index (χ0n) is 12.5. The van der Waals surface area contributed by atoms with E-state index < -0.39 is 0 Å². The monoisotopic (exact) mass is 336 g/mol. The van der Waals surface area contributed by atoms with E-state index in [0.29, 0.717) is 15.7 Å². The van der Waals surface area contributed by atoms with Crippen molar-refractivity contribution in [3.05, 3.63) is 57.6 Å². The standard InChI is InChI=1S/C17H18Cl2N2O/c1-3-11-6-5-7-12(4-2)16(11)21-17(22)20-15-9-8-13(18)10-14(15)19/h5-10H,3-4H2,1-2H3,(H2,20,21,22). The maximum absolute atomic E-state index is 12.2. The van der Waals surface area contributed by atoms with Crippen molar-refractivity contribution in [2.45, 2.75) is 26.7 Å². The highest BCUT2D eigenvalue weighted by molar-refractivity contribution is 6.36. The Bertz CT molecular complexity index is 664. The number of benzene rings is 2. The molecule has 5 heteroatoms. The SMILES string of the molecule is CCc1cccc(CC)c1NC(=O)Nc1ccc(Cl)cc1Cl. The number of rotatable bonds is 4. The molecule has 0 bridgehead atoms. The lowest BCUT2D eigenvalue weighted by molar-refractivity contribution is 0.262. The summed E-state index contributed by atoms with van der Waals surface area (Å²) < 4.78 is 0. The molecular weight excluding hydrogens is 319 g/mol. The third kappa shape index (κ3) is 3.93. The molecule has 0 aliphatic heterocycles. The van der Waals surface area contributed by atoms with Crippen molar-refractivity contribution in [3.8, 4) is 0 Å². The van der Waals surface area contributed by atoms with Crippen LogP contribution >= 0.6 is 23.2 Å². The largest absolute Gasteiger partial charge is 0.323 e.